The summed E-state index contributed by atoms with van der Waals surface area (Å²) >= 11 is 0. The normalized spacial score (nSPS) is 9.53. The number of nitriles is 1. The van der Waals surface area contributed by atoms with Crippen LogP contribution in [-0.4, -0.2) is 33.2 Å². The first-order valence-electron chi connectivity index (χ1n) is 4.49. The van der Waals surface area contributed by atoms with E-state index in [1.165, 1.54) is 6.07 Å². The molecule has 0 atom stereocenters. The van der Waals surface area contributed by atoms with Gasteiger partial charge < -0.3 is 14.8 Å². The predicted octanol–water partition coefficient (Wildman–Crippen LogP) is 0.379. The van der Waals surface area contributed by atoms with Gasteiger partial charge in [-0.15, -0.1) is 0 Å². The molecule has 5 heteroatoms. The minimum atomic E-state index is -0.207. The van der Waals surface area contributed by atoms with E-state index in [1.807, 2.05) is 0 Å². The Balaban J connectivity index is 3.55. The molecule has 1 aromatic rings. The molecule has 0 aliphatic heterocycles. The van der Waals surface area contributed by atoms with Crippen LogP contribution in [-0.2, 0) is 0 Å². The van der Waals surface area contributed by atoms with Crippen molar-refractivity contribution in [3.05, 3.63) is 22.0 Å². The highest BCUT2D eigenvalue weighted by Gasteiger charge is 2.13. The van der Waals surface area contributed by atoms with Crippen LogP contribution in [0.15, 0.2) is 10.9 Å². The average Bonchev–Trinajstić information content (AvgIpc) is 2.16. The summed E-state index contributed by atoms with van der Waals surface area (Å²) in [4.78, 5) is 17.5. The SMILES string of the molecule is CN(C)c1cc(=O)[nH]c(N(C)C)c1C#N. The Morgan fingerprint density at radius 1 is 1.27 bits per heavy atom. The van der Waals surface area contributed by atoms with E-state index in [-0.39, 0.29) is 5.56 Å². The van der Waals surface area contributed by atoms with Crippen molar-refractivity contribution in [3.8, 4) is 6.07 Å². The summed E-state index contributed by atoms with van der Waals surface area (Å²) in [6.07, 6.45) is 0. The molecular weight excluding hydrogens is 192 g/mol. The Kier molecular flexibility index (Phi) is 3.00. The summed E-state index contributed by atoms with van der Waals surface area (Å²) in [5.74, 6) is 0.536. The number of aromatic amines is 1. The van der Waals surface area contributed by atoms with E-state index >= 15 is 0 Å². The van der Waals surface area contributed by atoms with Crippen LogP contribution in [0.4, 0.5) is 11.5 Å². The van der Waals surface area contributed by atoms with Crippen molar-refractivity contribution >= 4 is 11.5 Å². The number of H-pyrrole nitrogens is 1. The Morgan fingerprint density at radius 2 is 1.87 bits per heavy atom. The molecule has 1 heterocycles. The van der Waals surface area contributed by atoms with Crippen molar-refractivity contribution in [1.29, 1.82) is 5.26 Å². The second-order valence-corrected chi connectivity index (χ2v) is 3.64. The lowest BCUT2D eigenvalue weighted by Gasteiger charge is -2.19. The van der Waals surface area contributed by atoms with E-state index in [4.69, 9.17) is 5.26 Å². The summed E-state index contributed by atoms with van der Waals surface area (Å²) in [6.45, 7) is 0. The highest BCUT2D eigenvalue weighted by Crippen LogP contribution is 2.22. The van der Waals surface area contributed by atoms with E-state index in [0.29, 0.717) is 17.1 Å². The lowest BCUT2D eigenvalue weighted by Crippen LogP contribution is -2.22. The lowest BCUT2D eigenvalue weighted by molar-refractivity contribution is 1.02. The maximum Gasteiger partial charge on any atom is 0.251 e. The highest BCUT2D eigenvalue weighted by atomic mass is 16.1. The third kappa shape index (κ3) is 2.10. The van der Waals surface area contributed by atoms with Crippen LogP contribution in [0.3, 0.4) is 0 Å². The molecule has 0 aromatic carbocycles. The van der Waals surface area contributed by atoms with E-state index in [9.17, 15) is 4.79 Å². The summed E-state index contributed by atoms with van der Waals surface area (Å²) in [5, 5.41) is 9.06. The molecule has 5 nitrogen and oxygen atoms in total. The summed E-state index contributed by atoms with van der Waals surface area (Å²) < 4.78 is 0. The minimum Gasteiger partial charge on any atom is -0.376 e. The van der Waals surface area contributed by atoms with Gasteiger partial charge >= 0.3 is 0 Å². The maximum absolute atomic E-state index is 11.4. The van der Waals surface area contributed by atoms with Gasteiger partial charge in [-0.1, -0.05) is 0 Å². The first-order chi connectivity index (χ1) is 6.97. The Hall–Kier alpha value is -1.96. The van der Waals surface area contributed by atoms with Crippen LogP contribution in [0, 0.1) is 11.3 Å². The molecular formula is C10H14N4O. The first-order valence-corrected chi connectivity index (χ1v) is 4.49. The van der Waals surface area contributed by atoms with Gasteiger partial charge in [0.25, 0.3) is 5.56 Å². The van der Waals surface area contributed by atoms with Crippen molar-refractivity contribution in [3.63, 3.8) is 0 Å². The van der Waals surface area contributed by atoms with Gasteiger partial charge in [-0.05, 0) is 0 Å². The molecule has 1 aromatic heterocycles. The number of nitrogens with zero attached hydrogens (tertiary/aromatic N) is 3. The number of anilines is 2. The first kappa shape index (κ1) is 11.1. The van der Waals surface area contributed by atoms with Crippen LogP contribution >= 0.6 is 0 Å². The number of nitrogens with one attached hydrogen (secondary N) is 1. The van der Waals surface area contributed by atoms with Gasteiger partial charge in [0.15, 0.2) is 0 Å². The molecule has 1 N–H and O–H groups in total. The third-order valence-electron chi connectivity index (χ3n) is 2.04. The van der Waals surface area contributed by atoms with Crippen molar-refractivity contribution < 1.29 is 0 Å². The Bertz CT molecular complexity index is 421. The quantitative estimate of drug-likeness (QED) is 0.759. The zero-order valence-electron chi connectivity index (χ0n) is 9.33. The largest absolute Gasteiger partial charge is 0.376 e. The molecule has 0 spiro atoms. The second-order valence-electron chi connectivity index (χ2n) is 3.64. The molecule has 0 fully saturated rings. The third-order valence-corrected chi connectivity index (χ3v) is 2.04. The molecule has 0 aliphatic carbocycles. The van der Waals surface area contributed by atoms with Gasteiger partial charge in [-0.2, -0.15) is 5.26 Å². The van der Waals surface area contributed by atoms with E-state index in [2.05, 4.69) is 11.1 Å². The van der Waals surface area contributed by atoms with Crippen molar-refractivity contribution in [2.24, 2.45) is 0 Å². The maximum atomic E-state index is 11.4. The highest BCUT2D eigenvalue weighted by molar-refractivity contribution is 5.68. The van der Waals surface area contributed by atoms with Crippen LogP contribution in [0.25, 0.3) is 0 Å². The number of hydrogen-bond donors (Lipinski definition) is 1. The second kappa shape index (κ2) is 4.05. The smallest absolute Gasteiger partial charge is 0.251 e. The summed E-state index contributed by atoms with van der Waals surface area (Å²) in [6, 6.07) is 3.52. The van der Waals surface area contributed by atoms with Gasteiger partial charge in [-0.25, -0.2) is 0 Å². The summed E-state index contributed by atoms with van der Waals surface area (Å²) in [5.41, 5.74) is 0.899. The minimum absolute atomic E-state index is 0.207. The van der Waals surface area contributed by atoms with Gasteiger partial charge in [0.1, 0.15) is 17.5 Å². The van der Waals surface area contributed by atoms with Crippen LogP contribution in [0.5, 0.6) is 0 Å². The molecule has 0 unspecified atom stereocenters. The van der Waals surface area contributed by atoms with Gasteiger partial charge in [-0.3, -0.25) is 4.79 Å². The Morgan fingerprint density at radius 3 is 2.27 bits per heavy atom. The van der Waals surface area contributed by atoms with Gasteiger partial charge in [0.05, 0.1) is 5.69 Å². The molecule has 80 valence electrons. The molecule has 15 heavy (non-hydrogen) atoms. The lowest BCUT2D eigenvalue weighted by atomic mass is 10.2. The fraction of sp³-hybridized carbons (Fsp3) is 0.400. The predicted molar refractivity (Wildman–Crippen MR) is 60.4 cm³/mol. The van der Waals surface area contributed by atoms with E-state index in [1.54, 1.807) is 38.0 Å². The monoisotopic (exact) mass is 206 g/mol. The zero-order chi connectivity index (χ0) is 11.6. The zero-order valence-corrected chi connectivity index (χ0v) is 9.33. The van der Waals surface area contributed by atoms with Crippen molar-refractivity contribution in [1.82, 2.24) is 4.98 Å². The van der Waals surface area contributed by atoms with Gasteiger partial charge in [0.2, 0.25) is 0 Å². The molecule has 0 saturated carbocycles. The van der Waals surface area contributed by atoms with Gasteiger partial charge in [0, 0.05) is 34.3 Å². The van der Waals surface area contributed by atoms with E-state index in [0.717, 1.165) is 0 Å². The molecule has 0 amide bonds. The van der Waals surface area contributed by atoms with Crippen molar-refractivity contribution in [2.75, 3.05) is 38.0 Å². The number of hydrogen-bond acceptors (Lipinski definition) is 4. The topological polar surface area (TPSA) is 63.1 Å². The van der Waals surface area contributed by atoms with Crippen LogP contribution in [0.1, 0.15) is 5.56 Å². The molecule has 1 rings (SSSR count). The number of rotatable bonds is 2. The van der Waals surface area contributed by atoms with Crippen LogP contribution in [0.2, 0.25) is 0 Å². The fourth-order valence-electron chi connectivity index (χ4n) is 1.33. The fourth-order valence-corrected chi connectivity index (χ4v) is 1.33. The number of aromatic nitrogens is 1. The van der Waals surface area contributed by atoms with Crippen LogP contribution < -0.4 is 15.4 Å². The molecule has 0 aliphatic rings. The van der Waals surface area contributed by atoms with E-state index < -0.39 is 0 Å². The standard InChI is InChI=1S/C10H14N4O/c1-13(2)8-5-9(15)12-10(14(3)4)7(8)6-11/h5H,1-4H3,(H,12,15). The average molecular weight is 206 g/mol. The summed E-state index contributed by atoms with van der Waals surface area (Å²) in [7, 11) is 7.17. The number of pyridine rings is 1. The molecule has 0 radical (unpaired) electrons. The Labute approximate surface area is 88.5 Å². The molecule has 0 bridgehead atoms. The molecule has 0 saturated heterocycles. The van der Waals surface area contributed by atoms with Crippen molar-refractivity contribution in [2.45, 2.75) is 0 Å².